The highest BCUT2D eigenvalue weighted by Gasteiger charge is 2.17. The number of nitrogens with zero attached hydrogens (tertiary/aromatic N) is 1. The van der Waals surface area contributed by atoms with Gasteiger partial charge >= 0.3 is 0 Å². The third kappa shape index (κ3) is 3.73. The lowest BCUT2D eigenvalue weighted by Gasteiger charge is -2.19. The standard InChI is InChI=1S/C17H17BrFN3O2/c18-12-2-4-16(24)22(10-12)8-6-15(23)21-14-3-1-11-9-20-7-5-13(11)17(14)19/h1-4,10,20H,5-9H2,(H,21,23). The Hall–Kier alpha value is -1.99. The molecule has 0 radical (unpaired) electrons. The van der Waals surface area contributed by atoms with Gasteiger partial charge in [0.25, 0.3) is 5.56 Å². The number of aromatic nitrogens is 1. The summed E-state index contributed by atoms with van der Waals surface area (Å²) in [7, 11) is 0. The van der Waals surface area contributed by atoms with Crippen molar-refractivity contribution in [2.45, 2.75) is 25.9 Å². The van der Waals surface area contributed by atoms with Crippen molar-refractivity contribution in [1.29, 1.82) is 0 Å². The average Bonchev–Trinajstić information content (AvgIpc) is 2.58. The van der Waals surface area contributed by atoms with E-state index in [-0.39, 0.29) is 35.9 Å². The summed E-state index contributed by atoms with van der Waals surface area (Å²) in [5, 5.41) is 5.79. The van der Waals surface area contributed by atoms with E-state index < -0.39 is 0 Å². The molecule has 126 valence electrons. The van der Waals surface area contributed by atoms with Crippen LogP contribution in [0.4, 0.5) is 10.1 Å². The molecule has 0 aliphatic carbocycles. The predicted octanol–water partition coefficient (Wildman–Crippen LogP) is 2.42. The van der Waals surface area contributed by atoms with Gasteiger partial charge in [0.05, 0.1) is 5.69 Å². The molecule has 1 aromatic carbocycles. The molecule has 0 atom stereocenters. The van der Waals surface area contributed by atoms with E-state index in [1.165, 1.54) is 10.6 Å². The van der Waals surface area contributed by atoms with E-state index in [9.17, 15) is 14.0 Å². The summed E-state index contributed by atoms with van der Waals surface area (Å²) < 4.78 is 16.7. The zero-order chi connectivity index (χ0) is 17.1. The van der Waals surface area contributed by atoms with Crippen LogP contribution >= 0.6 is 15.9 Å². The lowest BCUT2D eigenvalue weighted by atomic mass is 9.99. The Labute approximate surface area is 147 Å². The Balaban J connectivity index is 1.67. The molecule has 1 aliphatic heterocycles. The number of aryl methyl sites for hydroxylation is 1. The van der Waals surface area contributed by atoms with E-state index in [1.807, 2.05) is 6.07 Å². The van der Waals surface area contributed by atoms with Crippen molar-refractivity contribution >= 4 is 27.5 Å². The van der Waals surface area contributed by atoms with Crippen LogP contribution in [-0.2, 0) is 24.3 Å². The maximum Gasteiger partial charge on any atom is 0.250 e. The Kier molecular flexibility index (Phi) is 5.11. The van der Waals surface area contributed by atoms with Crippen LogP contribution < -0.4 is 16.2 Å². The predicted molar refractivity (Wildman–Crippen MR) is 93.5 cm³/mol. The van der Waals surface area contributed by atoms with Crippen LogP contribution in [0.2, 0.25) is 0 Å². The zero-order valence-electron chi connectivity index (χ0n) is 12.9. The molecule has 24 heavy (non-hydrogen) atoms. The number of rotatable bonds is 4. The molecule has 2 aromatic rings. The third-order valence-electron chi connectivity index (χ3n) is 4.01. The molecule has 0 bridgehead atoms. The molecule has 2 N–H and O–H groups in total. The molecule has 0 spiro atoms. The van der Waals surface area contributed by atoms with Gasteiger partial charge in [-0.3, -0.25) is 9.59 Å². The van der Waals surface area contributed by atoms with E-state index >= 15 is 0 Å². The van der Waals surface area contributed by atoms with Crippen molar-refractivity contribution in [2.75, 3.05) is 11.9 Å². The summed E-state index contributed by atoms with van der Waals surface area (Å²) in [5.41, 5.74) is 1.60. The van der Waals surface area contributed by atoms with Gasteiger partial charge in [0, 0.05) is 36.2 Å². The molecule has 1 aliphatic rings. The number of nitrogens with one attached hydrogen (secondary N) is 2. The van der Waals surface area contributed by atoms with E-state index in [0.717, 1.165) is 16.6 Å². The summed E-state index contributed by atoms with van der Waals surface area (Å²) >= 11 is 3.29. The number of halogens is 2. The first-order valence-corrected chi connectivity index (χ1v) is 8.51. The molecule has 7 heteroatoms. The third-order valence-corrected chi connectivity index (χ3v) is 4.48. The van der Waals surface area contributed by atoms with Gasteiger partial charge in [-0.15, -0.1) is 0 Å². The van der Waals surface area contributed by atoms with E-state index in [2.05, 4.69) is 26.6 Å². The molecule has 0 saturated heterocycles. The minimum absolute atomic E-state index is 0.0917. The topological polar surface area (TPSA) is 63.1 Å². The van der Waals surface area contributed by atoms with Crippen LogP contribution in [0.15, 0.2) is 39.7 Å². The molecule has 3 rings (SSSR count). The molecule has 0 unspecified atom stereocenters. The maximum absolute atomic E-state index is 14.5. The number of anilines is 1. The number of fused-ring (bicyclic) bond motifs is 1. The minimum Gasteiger partial charge on any atom is -0.324 e. The second kappa shape index (κ2) is 7.27. The largest absolute Gasteiger partial charge is 0.324 e. The summed E-state index contributed by atoms with van der Waals surface area (Å²) in [4.78, 5) is 23.8. The highest BCUT2D eigenvalue weighted by Crippen LogP contribution is 2.24. The van der Waals surface area contributed by atoms with Crippen LogP contribution in [0.5, 0.6) is 0 Å². The van der Waals surface area contributed by atoms with Gasteiger partial charge in [-0.2, -0.15) is 0 Å². The number of hydrogen-bond donors (Lipinski definition) is 2. The van der Waals surface area contributed by atoms with Crippen molar-refractivity contribution in [2.24, 2.45) is 0 Å². The van der Waals surface area contributed by atoms with Gasteiger partial charge in [-0.1, -0.05) is 6.07 Å². The molecule has 1 aromatic heterocycles. The summed E-state index contributed by atoms with van der Waals surface area (Å²) in [6, 6.07) is 6.50. The molecule has 0 saturated carbocycles. The fraction of sp³-hybridized carbons (Fsp3) is 0.294. The second-order valence-corrected chi connectivity index (χ2v) is 6.58. The number of pyridine rings is 1. The van der Waals surface area contributed by atoms with Gasteiger partial charge in [0.2, 0.25) is 5.91 Å². The van der Waals surface area contributed by atoms with Crippen molar-refractivity contribution in [3.8, 4) is 0 Å². The van der Waals surface area contributed by atoms with Gasteiger partial charge in [-0.05, 0) is 52.2 Å². The van der Waals surface area contributed by atoms with Gasteiger partial charge in [0.1, 0.15) is 5.82 Å². The summed E-state index contributed by atoms with van der Waals surface area (Å²) in [6.45, 7) is 1.61. The highest BCUT2D eigenvalue weighted by molar-refractivity contribution is 9.10. The molecular weight excluding hydrogens is 377 g/mol. The Bertz CT molecular complexity index is 835. The lowest BCUT2D eigenvalue weighted by Crippen LogP contribution is -2.25. The van der Waals surface area contributed by atoms with Gasteiger partial charge in [0.15, 0.2) is 0 Å². The lowest BCUT2D eigenvalue weighted by molar-refractivity contribution is -0.116. The quantitative estimate of drug-likeness (QED) is 0.838. The number of carbonyl (C=O) groups excluding carboxylic acids is 1. The molecule has 2 heterocycles. The Morgan fingerprint density at radius 2 is 2.17 bits per heavy atom. The number of amides is 1. The summed E-state index contributed by atoms with van der Waals surface area (Å²) in [6.07, 6.45) is 2.33. The first-order valence-electron chi connectivity index (χ1n) is 7.71. The number of hydrogen-bond acceptors (Lipinski definition) is 3. The van der Waals surface area contributed by atoms with Crippen LogP contribution in [-0.4, -0.2) is 17.0 Å². The monoisotopic (exact) mass is 393 g/mol. The molecular formula is C17H17BrFN3O2. The minimum atomic E-state index is -0.359. The SMILES string of the molecule is O=C(CCn1cc(Br)ccc1=O)Nc1ccc2c(c1F)CCNC2. The molecule has 1 amide bonds. The first kappa shape index (κ1) is 16.9. The Morgan fingerprint density at radius 1 is 1.33 bits per heavy atom. The van der Waals surface area contributed by atoms with E-state index in [4.69, 9.17) is 0 Å². The van der Waals surface area contributed by atoms with Gasteiger partial charge in [-0.25, -0.2) is 4.39 Å². The second-order valence-electron chi connectivity index (χ2n) is 5.67. The summed E-state index contributed by atoms with van der Waals surface area (Å²) in [5.74, 6) is -0.684. The fourth-order valence-electron chi connectivity index (χ4n) is 2.74. The van der Waals surface area contributed by atoms with Crippen LogP contribution in [0.1, 0.15) is 17.5 Å². The van der Waals surface area contributed by atoms with Crippen molar-refractivity contribution < 1.29 is 9.18 Å². The molecule has 5 nitrogen and oxygen atoms in total. The zero-order valence-corrected chi connectivity index (χ0v) is 14.5. The number of benzene rings is 1. The normalized spacial score (nSPS) is 13.4. The smallest absolute Gasteiger partial charge is 0.250 e. The van der Waals surface area contributed by atoms with Crippen molar-refractivity contribution in [1.82, 2.24) is 9.88 Å². The van der Waals surface area contributed by atoms with Crippen molar-refractivity contribution in [3.05, 3.63) is 62.2 Å². The van der Waals surface area contributed by atoms with Crippen LogP contribution in [0, 0.1) is 5.82 Å². The Morgan fingerprint density at radius 3 is 3.00 bits per heavy atom. The average molecular weight is 394 g/mol. The van der Waals surface area contributed by atoms with E-state index in [1.54, 1.807) is 18.3 Å². The number of carbonyl (C=O) groups is 1. The van der Waals surface area contributed by atoms with Crippen molar-refractivity contribution in [3.63, 3.8) is 0 Å². The van der Waals surface area contributed by atoms with Crippen LogP contribution in [0.3, 0.4) is 0 Å². The first-order chi connectivity index (χ1) is 11.5. The maximum atomic E-state index is 14.5. The molecule has 0 fully saturated rings. The highest BCUT2D eigenvalue weighted by atomic mass is 79.9. The van der Waals surface area contributed by atoms with Gasteiger partial charge < -0.3 is 15.2 Å². The fourth-order valence-corrected chi connectivity index (χ4v) is 3.12. The van der Waals surface area contributed by atoms with Crippen LogP contribution in [0.25, 0.3) is 0 Å². The van der Waals surface area contributed by atoms with E-state index in [0.29, 0.717) is 18.5 Å².